The second-order valence-corrected chi connectivity index (χ2v) is 4.92. The van der Waals surface area contributed by atoms with Gasteiger partial charge in [-0.25, -0.2) is 0 Å². The highest BCUT2D eigenvalue weighted by Crippen LogP contribution is 2.47. The molecule has 1 unspecified atom stereocenters. The monoisotopic (exact) mass is 207 g/mol. The molecule has 82 valence electrons. The van der Waals surface area contributed by atoms with Crippen LogP contribution in [0.1, 0.15) is 42.1 Å². The molecule has 0 aliphatic heterocycles. The molecular formula is C11H17N3O. The molecule has 1 aromatic rings. The maximum absolute atomic E-state index is 9.45. The van der Waals surface area contributed by atoms with Crippen LogP contribution in [0.5, 0.6) is 0 Å². The molecule has 1 atom stereocenters. The third-order valence-electron chi connectivity index (χ3n) is 3.75. The highest BCUT2D eigenvalue weighted by Gasteiger charge is 2.43. The van der Waals surface area contributed by atoms with Crippen molar-refractivity contribution >= 4 is 0 Å². The normalized spacial score (nSPS) is 29.5. The van der Waals surface area contributed by atoms with Gasteiger partial charge in [0.25, 0.3) is 0 Å². The lowest BCUT2D eigenvalue weighted by atomic mass is 9.92. The van der Waals surface area contributed by atoms with Crippen LogP contribution in [0.3, 0.4) is 0 Å². The van der Waals surface area contributed by atoms with E-state index in [4.69, 9.17) is 5.73 Å². The Hall–Kier alpha value is -0.870. The van der Waals surface area contributed by atoms with Crippen LogP contribution in [-0.2, 0) is 19.0 Å². The number of aryl methyl sites for hydroxylation is 1. The van der Waals surface area contributed by atoms with Gasteiger partial charge in [0.1, 0.15) is 0 Å². The first-order valence-electron chi connectivity index (χ1n) is 5.62. The molecule has 0 spiro atoms. The summed E-state index contributed by atoms with van der Waals surface area (Å²) in [5.41, 5.74) is 9.25. The van der Waals surface area contributed by atoms with Gasteiger partial charge in [0.15, 0.2) is 0 Å². The molecule has 2 aliphatic carbocycles. The van der Waals surface area contributed by atoms with E-state index in [-0.39, 0.29) is 6.61 Å². The average Bonchev–Trinajstić information content (AvgIpc) is 2.93. The van der Waals surface area contributed by atoms with Crippen molar-refractivity contribution in [1.82, 2.24) is 9.78 Å². The van der Waals surface area contributed by atoms with Crippen LogP contribution in [0.2, 0.25) is 0 Å². The van der Waals surface area contributed by atoms with Gasteiger partial charge in [0, 0.05) is 24.2 Å². The van der Waals surface area contributed by atoms with Crippen molar-refractivity contribution in [3.8, 4) is 0 Å². The fraction of sp³-hybridized carbons (Fsp3) is 0.727. The fourth-order valence-electron chi connectivity index (χ4n) is 2.68. The summed E-state index contributed by atoms with van der Waals surface area (Å²) in [5.74, 6) is 0.604. The molecule has 1 heterocycles. The molecule has 3 N–H and O–H groups in total. The topological polar surface area (TPSA) is 64.1 Å². The molecule has 0 saturated heterocycles. The minimum atomic E-state index is -0.526. The first-order chi connectivity index (χ1) is 7.15. The minimum Gasteiger partial charge on any atom is -0.394 e. The maximum Gasteiger partial charge on any atom is 0.0709 e. The highest BCUT2D eigenvalue weighted by atomic mass is 16.3. The van der Waals surface area contributed by atoms with E-state index in [9.17, 15) is 5.11 Å². The fourth-order valence-corrected chi connectivity index (χ4v) is 2.68. The first-order valence-corrected chi connectivity index (χ1v) is 5.62. The third kappa shape index (κ3) is 1.18. The molecule has 0 radical (unpaired) electrons. The van der Waals surface area contributed by atoms with Gasteiger partial charge in [0.05, 0.1) is 17.8 Å². The Morgan fingerprint density at radius 3 is 2.93 bits per heavy atom. The molecule has 0 amide bonds. The number of rotatable bonds is 2. The Bertz CT molecular complexity index is 408. The van der Waals surface area contributed by atoms with E-state index in [0.29, 0.717) is 5.92 Å². The van der Waals surface area contributed by atoms with Crippen LogP contribution in [-0.4, -0.2) is 21.5 Å². The number of nitrogens with zero attached hydrogens (tertiary/aromatic N) is 2. The Kier molecular flexibility index (Phi) is 1.77. The second-order valence-electron chi connectivity index (χ2n) is 4.92. The molecule has 0 aromatic carbocycles. The Morgan fingerprint density at radius 1 is 1.60 bits per heavy atom. The molecule has 4 nitrogen and oxygen atoms in total. The minimum absolute atomic E-state index is 0.0331. The van der Waals surface area contributed by atoms with E-state index in [1.54, 1.807) is 0 Å². The van der Waals surface area contributed by atoms with Crippen LogP contribution in [0.15, 0.2) is 0 Å². The van der Waals surface area contributed by atoms with Gasteiger partial charge in [-0.15, -0.1) is 0 Å². The summed E-state index contributed by atoms with van der Waals surface area (Å²) < 4.78 is 1.95. The smallest absolute Gasteiger partial charge is 0.0709 e. The van der Waals surface area contributed by atoms with Crippen molar-refractivity contribution in [2.24, 2.45) is 12.8 Å². The van der Waals surface area contributed by atoms with Crippen LogP contribution in [0, 0.1) is 0 Å². The van der Waals surface area contributed by atoms with Gasteiger partial charge >= 0.3 is 0 Å². The number of hydrogen-bond acceptors (Lipinski definition) is 3. The number of nitrogens with two attached hydrogens (primary N) is 1. The maximum atomic E-state index is 9.45. The van der Waals surface area contributed by atoms with Crippen molar-refractivity contribution in [1.29, 1.82) is 0 Å². The van der Waals surface area contributed by atoms with Gasteiger partial charge in [-0.2, -0.15) is 5.10 Å². The molecule has 1 aromatic heterocycles. The van der Waals surface area contributed by atoms with E-state index in [1.165, 1.54) is 18.5 Å². The van der Waals surface area contributed by atoms with Crippen molar-refractivity contribution in [3.63, 3.8) is 0 Å². The lowest BCUT2D eigenvalue weighted by Crippen LogP contribution is -2.38. The number of aliphatic hydroxyl groups excluding tert-OH is 1. The van der Waals surface area contributed by atoms with E-state index in [0.717, 1.165) is 24.1 Å². The zero-order valence-corrected chi connectivity index (χ0v) is 9.03. The Balaban J connectivity index is 2.15. The van der Waals surface area contributed by atoms with E-state index in [1.807, 2.05) is 11.7 Å². The molecule has 1 saturated carbocycles. The number of aliphatic hydroxyl groups is 1. The Morgan fingerprint density at radius 2 is 2.33 bits per heavy atom. The largest absolute Gasteiger partial charge is 0.394 e. The summed E-state index contributed by atoms with van der Waals surface area (Å²) in [6, 6.07) is 0. The molecule has 3 rings (SSSR count). The van der Waals surface area contributed by atoms with Crippen LogP contribution >= 0.6 is 0 Å². The zero-order chi connectivity index (χ0) is 10.6. The SMILES string of the molecule is Cn1nc(C2CC2)c2c1CCC2(N)CO. The first kappa shape index (κ1) is 9.36. The lowest BCUT2D eigenvalue weighted by molar-refractivity contribution is 0.195. The second kappa shape index (κ2) is 2.83. The van der Waals surface area contributed by atoms with Crippen LogP contribution in [0.4, 0.5) is 0 Å². The van der Waals surface area contributed by atoms with Gasteiger partial charge in [-0.1, -0.05) is 0 Å². The number of fused-ring (bicyclic) bond motifs is 1. The summed E-state index contributed by atoms with van der Waals surface area (Å²) >= 11 is 0. The third-order valence-corrected chi connectivity index (χ3v) is 3.75. The van der Waals surface area contributed by atoms with Gasteiger partial charge in [-0.05, 0) is 25.7 Å². The zero-order valence-electron chi connectivity index (χ0n) is 9.03. The quantitative estimate of drug-likeness (QED) is 0.737. The Labute approximate surface area is 89.1 Å². The summed E-state index contributed by atoms with van der Waals surface area (Å²) in [7, 11) is 1.98. The molecule has 0 bridgehead atoms. The van der Waals surface area contributed by atoms with Gasteiger partial charge in [0.2, 0.25) is 0 Å². The summed E-state index contributed by atoms with van der Waals surface area (Å²) in [6.07, 6.45) is 4.25. The standard InChI is InChI=1S/C11H17N3O/c1-14-8-4-5-11(12,6-15)9(8)10(13-14)7-2-3-7/h7,15H,2-6,12H2,1H3. The van der Waals surface area contributed by atoms with E-state index in [2.05, 4.69) is 5.10 Å². The van der Waals surface area contributed by atoms with Gasteiger partial charge in [-0.3, -0.25) is 4.68 Å². The number of hydrogen-bond donors (Lipinski definition) is 2. The van der Waals surface area contributed by atoms with Crippen LogP contribution in [0.25, 0.3) is 0 Å². The average molecular weight is 207 g/mol. The molecule has 2 aliphatic rings. The lowest BCUT2D eigenvalue weighted by Gasteiger charge is -2.22. The van der Waals surface area contributed by atoms with Crippen molar-refractivity contribution in [3.05, 3.63) is 17.0 Å². The molecule has 1 fully saturated rings. The van der Waals surface area contributed by atoms with E-state index >= 15 is 0 Å². The molecular weight excluding hydrogens is 190 g/mol. The molecule has 15 heavy (non-hydrogen) atoms. The molecule has 4 heteroatoms. The van der Waals surface area contributed by atoms with Crippen LogP contribution < -0.4 is 5.73 Å². The summed E-state index contributed by atoms with van der Waals surface area (Å²) in [4.78, 5) is 0. The van der Waals surface area contributed by atoms with Crippen molar-refractivity contribution < 1.29 is 5.11 Å². The predicted molar refractivity (Wildman–Crippen MR) is 56.5 cm³/mol. The van der Waals surface area contributed by atoms with Crippen molar-refractivity contribution in [2.75, 3.05) is 6.61 Å². The van der Waals surface area contributed by atoms with Crippen molar-refractivity contribution in [2.45, 2.75) is 37.1 Å². The van der Waals surface area contributed by atoms with Gasteiger partial charge < -0.3 is 10.8 Å². The van der Waals surface area contributed by atoms with E-state index < -0.39 is 5.54 Å². The summed E-state index contributed by atoms with van der Waals surface area (Å²) in [5, 5.41) is 14.0. The highest BCUT2D eigenvalue weighted by molar-refractivity contribution is 5.41. The summed E-state index contributed by atoms with van der Waals surface area (Å²) in [6.45, 7) is 0.0331. The number of aromatic nitrogens is 2. The predicted octanol–water partition coefficient (Wildman–Crippen LogP) is 0.390.